The molecule has 0 saturated carbocycles. The summed E-state index contributed by atoms with van der Waals surface area (Å²) in [5.74, 6) is -2.34. The van der Waals surface area contributed by atoms with Crippen molar-refractivity contribution in [2.45, 2.75) is 77.7 Å². The molecule has 240 valence electrons. The van der Waals surface area contributed by atoms with Crippen LogP contribution in [0.15, 0.2) is 60.5 Å². The number of hydrogen-bond donors (Lipinski definition) is 0. The Morgan fingerprint density at radius 1 is 1.04 bits per heavy atom. The highest BCUT2D eigenvalue weighted by atomic mass is 32.1. The number of nitrogens with zero attached hydrogens (tertiary/aromatic N) is 5. The van der Waals surface area contributed by atoms with E-state index in [2.05, 4.69) is 16.2 Å². The number of rotatable bonds is 12. The molecule has 0 radical (unpaired) electrons. The number of ether oxygens (including phenoxy) is 1. The molecule has 0 amide bonds. The average Bonchev–Trinajstić information content (AvgIpc) is 3.63. The van der Waals surface area contributed by atoms with Gasteiger partial charge in [0.1, 0.15) is 29.9 Å². The topological polar surface area (TPSA) is 121 Å². The molecule has 0 spiro atoms. The molecule has 2 aromatic carbocycles. The maximum Gasteiger partial charge on any atom is 0.477 e. The molecule has 2 heterocycles. The highest BCUT2D eigenvalue weighted by Gasteiger charge is 2.46. The number of benzene rings is 2. The Hall–Kier alpha value is -3.37. The van der Waals surface area contributed by atoms with Gasteiger partial charge < -0.3 is 4.74 Å². The van der Waals surface area contributed by atoms with E-state index in [1.165, 1.54) is 34.7 Å². The number of aromatic nitrogens is 4. The largest absolute Gasteiger partial charge is 0.477 e. The van der Waals surface area contributed by atoms with E-state index in [1.54, 1.807) is 72.7 Å². The third-order valence-electron chi connectivity index (χ3n) is 6.45. The van der Waals surface area contributed by atoms with Gasteiger partial charge >= 0.3 is 7.82 Å². The quantitative estimate of drug-likeness (QED) is 0.110. The first kappa shape index (κ1) is 34.5. The Labute approximate surface area is 265 Å². The molecule has 45 heavy (non-hydrogen) atoms. The zero-order valence-corrected chi connectivity index (χ0v) is 27.9. The molecule has 0 fully saturated rings. The van der Waals surface area contributed by atoms with Gasteiger partial charge in [-0.15, -0.1) is 11.3 Å². The van der Waals surface area contributed by atoms with E-state index >= 15 is 4.39 Å². The van der Waals surface area contributed by atoms with Gasteiger partial charge in [-0.3, -0.25) is 13.6 Å². The van der Waals surface area contributed by atoms with Crippen molar-refractivity contribution in [3.63, 3.8) is 0 Å². The van der Waals surface area contributed by atoms with Crippen LogP contribution in [0.4, 0.5) is 8.78 Å². The van der Waals surface area contributed by atoms with Crippen LogP contribution in [-0.2, 0) is 35.0 Å². The number of phosphoric ester groups is 1. The number of hydrogen-bond acceptors (Lipinski definition) is 10. The van der Waals surface area contributed by atoms with E-state index in [0.717, 1.165) is 17.7 Å². The van der Waals surface area contributed by atoms with Crippen LogP contribution in [0, 0.1) is 23.0 Å². The fourth-order valence-electron chi connectivity index (χ4n) is 4.56. The molecule has 0 N–H and O–H groups in total. The monoisotopic (exact) mass is 659 g/mol. The molecule has 2 atom stereocenters. The van der Waals surface area contributed by atoms with Crippen LogP contribution >= 0.6 is 19.2 Å². The molecule has 0 aliphatic heterocycles. The van der Waals surface area contributed by atoms with Crippen LogP contribution in [0.5, 0.6) is 0 Å². The zero-order valence-electron chi connectivity index (χ0n) is 26.2. The van der Waals surface area contributed by atoms with Crippen molar-refractivity contribution < 1.29 is 31.7 Å². The van der Waals surface area contributed by atoms with Crippen molar-refractivity contribution in [2.75, 3.05) is 6.79 Å². The van der Waals surface area contributed by atoms with Crippen molar-refractivity contribution in [1.29, 1.82) is 5.26 Å². The van der Waals surface area contributed by atoms with Crippen LogP contribution in [-0.4, -0.2) is 37.7 Å². The molecule has 4 aromatic rings. The maximum atomic E-state index is 15.7. The third kappa shape index (κ3) is 8.88. The first-order valence-corrected chi connectivity index (χ1v) is 16.4. The average molecular weight is 660 g/mol. The summed E-state index contributed by atoms with van der Waals surface area (Å²) >= 11 is 1.32. The first-order valence-electron chi connectivity index (χ1n) is 14.1. The normalized spacial score (nSPS) is 14.6. The number of thiazole rings is 1. The van der Waals surface area contributed by atoms with Gasteiger partial charge in [0.05, 0.1) is 40.1 Å². The minimum atomic E-state index is -4.22. The predicted octanol–water partition coefficient (Wildman–Crippen LogP) is 7.98. The van der Waals surface area contributed by atoms with Gasteiger partial charge in [-0.2, -0.15) is 10.4 Å². The molecule has 0 bridgehead atoms. The van der Waals surface area contributed by atoms with Crippen LogP contribution in [0.3, 0.4) is 0 Å². The molecule has 2 aromatic heterocycles. The van der Waals surface area contributed by atoms with Gasteiger partial charge in [0, 0.05) is 28.5 Å². The standard InChI is InChI=1S/C31H36F2N5O5PS/c1-21(28-37-27(16-45-28)23-10-8-22(15-34)9-11-23)31(17-38-19-35-18-36-38,25-13-12-24(32)14-26(25)33)40-20-41-44(39,42-29(2,3)4)43-30(5,6)7/h8-14,16,18-19,21H,17,20H2,1-7H3/t21?,31-/m1/s1. The summed E-state index contributed by atoms with van der Waals surface area (Å²) in [7, 11) is -4.22. The Bertz CT molecular complexity index is 1660. The van der Waals surface area contributed by atoms with E-state index < -0.39 is 49.0 Å². The lowest BCUT2D eigenvalue weighted by molar-refractivity contribution is -0.148. The molecule has 0 aliphatic rings. The van der Waals surface area contributed by atoms with Crippen LogP contribution in [0.25, 0.3) is 11.3 Å². The fourth-order valence-corrected chi connectivity index (χ4v) is 7.20. The smallest absolute Gasteiger partial charge is 0.341 e. The molecular formula is C31H36F2N5O5PS. The predicted molar refractivity (Wildman–Crippen MR) is 165 cm³/mol. The van der Waals surface area contributed by atoms with Crippen molar-refractivity contribution in [3.8, 4) is 17.3 Å². The Morgan fingerprint density at radius 2 is 1.71 bits per heavy atom. The molecule has 0 saturated heterocycles. The summed E-state index contributed by atoms with van der Waals surface area (Å²) in [6, 6.07) is 12.2. The van der Waals surface area contributed by atoms with Crippen molar-refractivity contribution in [3.05, 3.63) is 88.3 Å². The van der Waals surface area contributed by atoms with Crippen LogP contribution in [0.1, 0.15) is 70.5 Å². The van der Waals surface area contributed by atoms with Gasteiger partial charge in [-0.1, -0.05) is 25.1 Å². The van der Waals surface area contributed by atoms with E-state index in [-0.39, 0.29) is 12.1 Å². The van der Waals surface area contributed by atoms with E-state index in [4.69, 9.17) is 28.6 Å². The second-order valence-electron chi connectivity index (χ2n) is 12.3. The van der Waals surface area contributed by atoms with E-state index in [9.17, 15) is 8.96 Å². The Balaban J connectivity index is 1.79. The van der Waals surface area contributed by atoms with Gasteiger partial charge in [-0.05, 0) is 59.7 Å². The summed E-state index contributed by atoms with van der Waals surface area (Å²) < 4.78 is 68.8. The molecule has 1 unspecified atom stereocenters. The van der Waals surface area contributed by atoms with Gasteiger partial charge in [0.15, 0.2) is 6.79 Å². The van der Waals surface area contributed by atoms with Gasteiger partial charge in [0.25, 0.3) is 0 Å². The second-order valence-corrected chi connectivity index (χ2v) is 14.7. The van der Waals surface area contributed by atoms with Crippen molar-refractivity contribution in [1.82, 2.24) is 19.7 Å². The number of phosphoric acid groups is 1. The molecule has 10 nitrogen and oxygen atoms in total. The Kier molecular flexibility index (Phi) is 10.4. The minimum absolute atomic E-state index is 0.00562. The second kappa shape index (κ2) is 13.5. The third-order valence-corrected chi connectivity index (χ3v) is 9.44. The van der Waals surface area contributed by atoms with Crippen molar-refractivity contribution in [2.24, 2.45) is 0 Å². The minimum Gasteiger partial charge on any atom is -0.341 e. The summed E-state index contributed by atoms with van der Waals surface area (Å²) in [4.78, 5) is 8.84. The van der Waals surface area contributed by atoms with E-state index in [1.807, 2.05) is 5.38 Å². The van der Waals surface area contributed by atoms with Gasteiger partial charge in [0.2, 0.25) is 0 Å². The van der Waals surface area contributed by atoms with Crippen molar-refractivity contribution >= 4 is 19.2 Å². The number of nitriles is 1. The lowest BCUT2D eigenvalue weighted by atomic mass is 9.81. The van der Waals surface area contributed by atoms with Crippen LogP contribution in [0.2, 0.25) is 0 Å². The fraction of sp³-hybridized carbons (Fsp3) is 0.419. The lowest BCUT2D eigenvalue weighted by Crippen LogP contribution is -2.41. The zero-order chi connectivity index (χ0) is 33.0. The summed E-state index contributed by atoms with van der Waals surface area (Å²) in [5.41, 5.74) is -1.53. The molecule has 4 rings (SSSR count). The first-order chi connectivity index (χ1) is 21.0. The molecule has 14 heteroatoms. The van der Waals surface area contributed by atoms with Crippen LogP contribution < -0.4 is 0 Å². The summed E-state index contributed by atoms with van der Waals surface area (Å²) in [6.45, 7) is 11.2. The number of halogens is 2. The highest BCUT2D eigenvalue weighted by Crippen LogP contribution is 2.56. The Morgan fingerprint density at radius 3 is 2.27 bits per heavy atom. The lowest BCUT2D eigenvalue weighted by Gasteiger charge is -2.39. The van der Waals surface area contributed by atoms with Gasteiger partial charge in [-0.25, -0.2) is 28.0 Å². The SMILES string of the molecule is CC(c1nc(-c2ccc(C#N)cc2)cs1)[C@@](Cn1cncn1)(OCOP(=O)(OC(C)(C)C)OC(C)(C)C)c1ccc(F)cc1F. The summed E-state index contributed by atoms with van der Waals surface area (Å²) in [5, 5.41) is 15.8. The molecule has 0 aliphatic carbocycles. The summed E-state index contributed by atoms with van der Waals surface area (Å²) in [6.07, 6.45) is 2.76. The maximum absolute atomic E-state index is 15.7. The van der Waals surface area contributed by atoms with E-state index in [0.29, 0.717) is 16.3 Å². The molecular weight excluding hydrogens is 623 g/mol. The highest BCUT2D eigenvalue weighted by molar-refractivity contribution is 7.48.